The van der Waals surface area contributed by atoms with Crippen molar-refractivity contribution in [2.24, 2.45) is 0 Å². The van der Waals surface area contributed by atoms with Gasteiger partial charge in [0.2, 0.25) is 0 Å². The number of hydrogen-bond donors (Lipinski definition) is 1. The molecule has 1 N–H and O–H groups in total. The lowest BCUT2D eigenvalue weighted by atomic mass is 10.2. The predicted molar refractivity (Wildman–Crippen MR) is 50.0 cm³/mol. The molecule has 76 valence electrons. The summed E-state index contributed by atoms with van der Waals surface area (Å²) in [7, 11) is 0. The molecule has 0 aliphatic heterocycles. The lowest BCUT2D eigenvalue weighted by Gasteiger charge is -2.18. The van der Waals surface area contributed by atoms with Crippen LogP contribution >= 0.6 is 0 Å². The highest BCUT2D eigenvalue weighted by Crippen LogP contribution is 2.09. The fourth-order valence-electron chi connectivity index (χ4n) is 0.811. The van der Waals surface area contributed by atoms with Crippen LogP contribution in [-0.4, -0.2) is 21.5 Å². The van der Waals surface area contributed by atoms with Gasteiger partial charge in [-0.3, -0.25) is 4.79 Å². The number of carbonyl (C=O) groups excluding carboxylic acids is 1. The van der Waals surface area contributed by atoms with Gasteiger partial charge in [0.1, 0.15) is 5.60 Å². The topological polar surface area (TPSA) is 72.1 Å². The molecule has 1 heterocycles. The number of hydrogen-bond acceptors (Lipinski definition) is 4. The second-order valence-electron chi connectivity index (χ2n) is 3.80. The molecule has 1 aromatic heterocycles. The third-order valence-corrected chi connectivity index (χ3v) is 1.29. The molecular formula is C9H12N2O3. The molecule has 14 heavy (non-hydrogen) atoms. The van der Waals surface area contributed by atoms with E-state index >= 15 is 0 Å². The Morgan fingerprint density at radius 1 is 1.50 bits per heavy atom. The van der Waals surface area contributed by atoms with Crippen LogP contribution in [0.15, 0.2) is 17.2 Å². The molecule has 1 aromatic rings. The highest BCUT2D eigenvalue weighted by atomic mass is 16.6. The minimum absolute atomic E-state index is 0.0173. The molecule has 0 atom stereocenters. The van der Waals surface area contributed by atoms with Crippen molar-refractivity contribution in [2.45, 2.75) is 26.4 Å². The molecular weight excluding hydrogens is 184 g/mol. The van der Waals surface area contributed by atoms with Gasteiger partial charge in [-0.25, -0.2) is 9.78 Å². The number of esters is 1. The Labute approximate surface area is 81.1 Å². The molecule has 0 aliphatic rings. The summed E-state index contributed by atoms with van der Waals surface area (Å²) in [5, 5.41) is 0. The van der Waals surface area contributed by atoms with E-state index < -0.39 is 11.6 Å². The van der Waals surface area contributed by atoms with Crippen LogP contribution in [-0.2, 0) is 4.74 Å². The van der Waals surface area contributed by atoms with Gasteiger partial charge in [0.15, 0.2) is 5.69 Å². The van der Waals surface area contributed by atoms with Crippen molar-refractivity contribution < 1.29 is 9.53 Å². The standard InChI is InChI=1S/C9H12N2O3/c1-9(2,3)14-8(13)6-4-7(12)11-5-10-6/h4-5H,1-3H3,(H,10,11,12). The van der Waals surface area contributed by atoms with Crippen LogP contribution in [0.1, 0.15) is 31.3 Å². The van der Waals surface area contributed by atoms with Crippen LogP contribution in [0.4, 0.5) is 0 Å². The van der Waals surface area contributed by atoms with Gasteiger partial charge in [0.05, 0.1) is 6.33 Å². The van der Waals surface area contributed by atoms with Gasteiger partial charge in [-0.15, -0.1) is 0 Å². The first-order chi connectivity index (χ1) is 6.38. The van der Waals surface area contributed by atoms with Gasteiger partial charge in [-0.1, -0.05) is 0 Å². The Hall–Kier alpha value is -1.65. The van der Waals surface area contributed by atoms with Crippen LogP contribution in [0.3, 0.4) is 0 Å². The number of nitrogens with one attached hydrogen (secondary N) is 1. The zero-order valence-corrected chi connectivity index (χ0v) is 8.33. The molecule has 5 nitrogen and oxygen atoms in total. The smallest absolute Gasteiger partial charge is 0.357 e. The number of aromatic nitrogens is 2. The first-order valence-electron chi connectivity index (χ1n) is 4.16. The molecule has 0 bridgehead atoms. The third kappa shape index (κ3) is 3.01. The maximum atomic E-state index is 11.4. The first kappa shape index (κ1) is 10.4. The molecule has 0 unspecified atom stereocenters. The molecule has 0 radical (unpaired) electrons. The van der Waals surface area contributed by atoms with Crippen LogP contribution in [0.2, 0.25) is 0 Å². The summed E-state index contributed by atoms with van der Waals surface area (Å²) in [5.41, 5.74) is -0.939. The van der Waals surface area contributed by atoms with Gasteiger partial charge in [-0.05, 0) is 20.8 Å². The lowest BCUT2D eigenvalue weighted by molar-refractivity contribution is 0.00624. The van der Waals surface area contributed by atoms with Crippen molar-refractivity contribution in [3.05, 3.63) is 28.4 Å². The van der Waals surface area contributed by atoms with Crippen LogP contribution in [0, 0.1) is 0 Å². The van der Waals surface area contributed by atoms with E-state index in [0.29, 0.717) is 0 Å². The van der Waals surface area contributed by atoms with Crippen molar-refractivity contribution in [1.82, 2.24) is 9.97 Å². The van der Waals surface area contributed by atoms with Crippen molar-refractivity contribution in [2.75, 3.05) is 0 Å². The fourth-order valence-corrected chi connectivity index (χ4v) is 0.811. The largest absolute Gasteiger partial charge is 0.455 e. The quantitative estimate of drug-likeness (QED) is 0.672. The van der Waals surface area contributed by atoms with E-state index in [1.807, 2.05) is 0 Å². The Balaban J connectivity index is 2.86. The zero-order valence-electron chi connectivity index (χ0n) is 8.33. The molecule has 0 fully saturated rings. The predicted octanol–water partition coefficient (Wildman–Crippen LogP) is 0.725. The summed E-state index contributed by atoms with van der Waals surface area (Å²) in [5.74, 6) is -0.594. The van der Waals surface area contributed by atoms with Crippen molar-refractivity contribution in [3.63, 3.8) is 0 Å². The Bertz CT molecular complexity index is 390. The van der Waals surface area contributed by atoms with Crippen LogP contribution in [0.25, 0.3) is 0 Å². The molecule has 0 spiro atoms. The number of H-pyrrole nitrogens is 1. The van der Waals surface area contributed by atoms with Crippen LogP contribution in [0.5, 0.6) is 0 Å². The van der Waals surface area contributed by atoms with Gasteiger partial charge in [0, 0.05) is 6.07 Å². The SMILES string of the molecule is CC(C)(C)OC(=O)c1cc(=O)[nH]cn1. The van der Waals surface area contributed by atoms with E-state index in [0.717, 1.165) is 6.07 Å². The van der Waals surface area contributed by atoms with Gasteiger partial charge < -0.3 is 9.72 Å². The summed E-state index contributed by atoms with van der Waals surface area (Å²) >= 11 is 0. The van der Waals surface area contributed by atoms with Gasteiger partial charge in [-0.2, -0.15) is 0 Å². The fraction of sp³-hybridized carbons (Fsp3) is 0.444. The van der Waals surface area contributed by atoms with Crippen molar-refractivity contribution in [3.8, 4) is 0 Å². The zero-order chi connectivity index (χ0) is 10.8. The van der Waals surface area contributed by atoms with E-state index in [1.165, 1.54) is 6.33 Å². The summed E-state index contributed by atoms with van der Waals surface area (Å²) in [6.07, 6.45) is 1.17. The average Bonchev–Trinajstić information content (AvgIpc) is 2.01. The van der Waals surface area contributed by atoms with Gasteiger partial charge in [0.25, 0.3) is 5.56 Å². The monoisotopic (exact) mass is 196 g/mol. The Morgan fingerprint density at radius 2 is 2.14 bits per heavy atom. The third-order valence-electron chi connectivity index (χ3n) is 1.29. The molecule has 1 rings (SSSR count). The van der Waals surface area contributed by atoms with Crippen LogP contribution < -0.4 is 5.56 Å². The van der Waals surface area contributed by atoms with E-state index in [9.17, 15) is 9.59 Å². The number of rotatable bonds is 1. The number of carbonyl (C=O) groups is 1. The minimum atomic E-state index is -0.594. The lowest BCUT2D eigenvalue weighted by Crippen LogP contribution is -2.25. The average molecular weight is 196 g/mol. The molecule has 0 aliphatic carbocycles. The van der Waals surface area contributed by atoms with Crippen molar-refractivity contribution >= 4 is 5.97 Å². The Morgan fingerprint density at radius 3 is 2.64 bits per heavy atom. The molecule has 0 amide bonds. The first-order valence-corrected chi connectivity index (χ1v) is 4.16. The minimum Gasteiger partial charge on any atom is -0.455 e. The molecule has 0 aromatic carbocycles. The molecule has 5 heteroatoms. The highest BCUT2D eigenvalue weighted by Gasteiger charge is 2.18. The maximum absolute atomic E-state index is 11.4. The molecule has 0 saturated carbocycles. The number of aromatic amines is 1. The van der Waals surface area contributed by atoms with E-state index in [2.05, 4.69) is 9.97 Å². The van der Waals surface area contributed by atoms with E-state index in [-0.39, 0.29) is 11.3 Å². The number of ether oxygens (including phenoxy) is 1. The second kappa shape index (κ2) is 3.61. The Kier molecular flexibility index (Phi) is 2.69. The van der Waals surface area contributed by atoms with E-state index in [4.69, 9.17) is 4.74 Å². The number of nitrogens with zero attached hydrogens (tertiary/aromatic N) is 1. The summed E-state index contributed by atoms with van der Waals surface area (Å²) in [4.78, 5) is 28.2. The summed E-state index contributed by atoms with van der Waals surface area (Å²) in [6.45, 7) is 5.24. The van der Waals surface area contributed by atoms with Crippen molar-refractivity contribution in [1.29, 1.82) is 0 Å². The second-order valence-corrected chi connectivity index (χ2v) is 3.80. The maximum Gasteiger partial charge on any atom is 0.357 e. The highest BCUT2D eigenvalue weighted by molar-refractivity contribution is 5.87. The van der Waals surface area contributed by atoms with Gasteiger partial charge >= 0.3 is 5.97 Å². The van der Waals surface area contributed by atoms with E-state index in [1.54, 1.807) is 20.8 Å². The normalized spacial score (nSPS) is 11.1. The summed E-state index contributed by atoms with van der Waals surface area (Å²) in [6, 6.07) is 1.11. The molecule has 0 saturated heterocycles. The summed E-state index contributed by atoms with van der Waals surface area (Å²) < 4.78 is 5.02.